The van der Waals surface area contributed by atoms with Crippen LogP contribution in [0.1, 0.15) is 64.0 Å². The fraction of sp³-hybridized carbons (Fsp3) is 0.650. The average molecular weight is 319 g/mol. The van der Waals surface area contributed by atoms with Crippen LogP contribution in [-0.4, -0.2) is 18.6 Å². The second kappa shape index (κ2) is 10.3. The molecule has 0 fully saturated rings. The third-order valence-electron chi connectivity index (χ3n) is 4.60. The van der Waals surface area contributed by atoms with Gasteiger partial charge in [0.1, 0.15) is 5.75 Å². The van der Waals surface area contributed by atoms with Gasteiger partial charge >= 0.3 is 0 Å². The first-order valence-corrected chi connectivity index (χ1v) is 9.03. The van der Waals surface area contributed by atoms with E-state index < -0.39 is 6.10 Å². The van der Waals surface area contributed by atoms with E-state index in [2.05, 4.69) is 32.2 Å². The van der Waals surface area contributed by atoms with E-state index in [-0.39, 0.29) is 5.91 Å². The summed E-state index contributed by atoms with van der Waals surface area (Å²) in [6, 6.07) is 5.97. The van der Waals surface area contributed by atoms with Gasteiger partial charge < -0.3 is 10.1 Å². The molecule has 3 heteroatoms. The molecule has 0 aliphatic heterocycles. The quantitative estimate of drug-likeness (QED) is 0.673. The molecule has 0 aliphatic carbocycles. The third kappa shape index (κ3) is 6.25. The number of carbonyl (C=O) groups excluding carboxylic acids is 1. The average Bonchev–Trinajstić information content (AvgIpc) is 2.56. The lowest BCUT2D eigenvalue weighted by Gasteiger charge is -2.21. The number of amides is 1. The monoisotopic (exact) mass is 319 g/mol. The fourth-order valence-electron chi connectivity index (χ4n) is 2.63. The van der Waals surface area contributed by atoms with E-state index in [4.69, 9.17) is 4.74 Å². The summed E-state index contributed by atoms with van der Waals surface area (Å²) < 4.78 is 5.97. The van der Waals surface area contributed by atoms with Gasteiger partial charge in [-0.1, -0.05) is 52.2 Å². The Kier molecular flexibility index (Phi) is 8.75. The molecular formula is C20H33NO2. The maximum atomic E-state index is 12.4. The maximum absolute atomic E-state index is 12.4. The summed E-state index contributed by atoms with van der Waals surface area (Å²) in [6.45, 7) is 11.2. The first-order valence-electron chi connectivity index (χ1n) is 9.03. The molecule has 130 valence electrons. The molecule has 0 bridgehead atoms. The maximum Gasteiger partial charge on any atom is 0.261 e. The van der Waals surface area contributed by atoms with Crippen molar-refractivity contribution < 1.29 is 9.53 Å². The molecule has 1 aromatic rings. The first kappa shape index (κ1) is 19.5. The van der Waals surface area contributed by atoms with Crippen LogP contribution in [0, 0.1) is 19.8 Å². The van der Waals surface area contributed by atoms with Crippen molar-refractivity contribution in [2.24, 2.45) is 5.92 Å². The Morgan fingerprint density at radius 3 is 2.52 bits per heavy atom. The minimum absolute atomic E-state index is 0.00311. The van der Waals surface area contributed by atoms with Crippen molar-refractivity contribution in [2.75, 3.05) is 6.54 Å². The van der Waals surface area contributed by atoms with Crippen molar-refractivity contribution >= 4 is 5.91 Å². The number of ether oxygens (including phenoxy) is 1. The number of hydrogen-bond acceptors (Lipinski definition) is 2. The number of aryl methyl sites for hydroxylation is 1. The highest BCUT2D eigenvalue weighted by molar-refractivity contribution is 5.81. The number of rotatable bonds is 10. The van der Waals surface area contributed by atoms with Crippen molar-refractivity contribution in [1.29, 1.82) is 0 Å². The zero-order chi connectivity index (χ0) is 17.2. The molecule has 1 rings (SSSR count). The summed E-state index contributed by atoms with van der Waals surface area (Å²) >= 11 is 0. The standard InChI is InChI=1S/C20H33NO2/c1-6-9-12-17(7-2)14-21-20(22)18(8-3)23-19-13-10-11-15(4)16(19)5/h10-11,13,17-18H,6-9,12,14H2,1-5H3,(H,21,22)/t17-,18+/m0/s1. The van der Waals surface area contributed by atoms with E-state index in [0.717, 1.165) is 24.3 Å². The van der Waals surface area contributed by atoms with E-state index in [0.29, 0.717) is 12.3 Å². The summed E-state index contributed by atoms with van der Waals surface area (Å²) in [6.07, 6.45) is 4.98. The Hall–Kier alpha value is -1.51. The number of benzene rings is 1. The molecule has 0 spiro atoms. The van der Waals surface area contributed by atoms with Gasteiger partial charge in [-0.3, -0.25) is 4.79 Å². The third-order valence-corrected chi connectivity index (χ3v) is 4.60. The van der Waals surface area contributed by atoms with Gasteiger partial charge in [0, 0.05) is 6.54 Å². The number of hydrogen-bond donors (Lipinski definition) is 1. The minimum Gasteiger partial charge on any atom is -0.480 e. The molecule has 3 nitrogen and oxygen atoms in total. The summed E-state index contributed by atoms with van der Waals surface area (Å²) in [5.74, 6) is 1.38. The summed E-state index contributed by atoms with van der Waals surface area (Å²) in [5, 5.41) is 3.08. The molecule has 1 aromatic carbocycles. The molecule has 1 N–H and O–H groups in total. The van der Waals surface area contributed by atoms with Crippen molar-refractivity contribution in [3.05, 3.63) is 29.3 Å². The predicted molar refractivity (Wildman–Crippen MR) is 96.9 cm³/mol. The van der Waals surface area contributed by atoms with E-state index in [1.807, 2.05) is 26.0 Å². The number of carbonyl (C=O) groups is 1. The van der Waals surface area contributed by atoms with Gasteiger partial charge in [0.15, 0.2) is 6.10 Å². The van der Waals surface area contributed by atoms with Crippen LogP contribution < -0.4 is 10.1 Å². The minimum atomic E-state index is -0.417. The molecule has 2 atom stereocenters. The highest BCUT2D eigenvalue weighted by atomic mass is 16.5. The summed E-state index contributed by atoms with van der Waals surface area (Å²) in [4.78, 5) is 12.4. The molecule has 0 radical (unpaired) electrons. The number of nitrogens with one attached hydrogen (secondary N) is 1. The zero-order valence-corrected chi connectivity index (χ0v) is 15.4. The largest absolute Gasteiger partial charge is 0.480 e. The smallest absolute Gasteiger partial charge is 0.261 e. The Balaban J connectivity index is 2.59. The Bertz CT molecular complexity index is 485. The van der Waals surface area contributed by atoms with Crippen LogP contribution in [0.15, 0.2) is 18.2 Å². The van der Waals surface area contributed by atoms with Gasteiger partial charge in [0.05, 0.1) is 0 Å². The first-order chi connectivity index (χ1) is 11.0. The molecule has 23 heavy (non-hydrogen) atoms. The van der Waals surface area contributed by atoms with Gasteiger partial charge in [-0.25, -0.2) is 0 Å². The fourth-order valence-corrected chi connectivity index (χ4v) is 2.63. The summed E-state index contributed by atoms with van der Waals surface area (Å²) in [7, 11) is 0. The SMILES string of the molecule is CCCC[C@H](CC)CNC(=O)[C@@H](CC)Oc1cccc(C)c1C. The molecule has 0 aliphatic rings. The molecule has 0 unspecified atom stereocenters. The normalized spacial score (nSPS) is 13.4. The lowest BCUT2D eigenvalue weighted by atomic mass is 9.99. The number of unbranched alkanes of at least 4 members (excludes halogenated alkanes) is 1. The van der Waals surface area contributed by atoms with Gasteiger partial charge in [0.25, 0.3) is 5.91 Å². The predicted octanol–water partition coefficient (Wildman–Crippen LogP) is 4.79. The van der Waals surface area contributed by atoms with Crippen molar-refractivity contribution in [3.8, 4) is 5.75 Å². The van der Waals surface area contributed by atoms with Crippen molar-refractivity contribution in [1.82, 2.24) is 5.32 Å². The van der Waals surface area contributed by atoms with E-state index in [9.17, 15) is 4.79 Å². The lowest BCUT2D eigenvalue weighted by Crippen LogP contribution is -2.40. The molecule has 1 amide bonds. The van der Waals surface area contributed by atoms with Crippen LogP contribution in [-0.2, 0) is 4.79 Å². The molecule has 0 aromatic heterocycles. The molecular weight excluding hydrogens is 286 g/mol. The van der Waals surface area contributed by atoms with E-state index in [1.165, 1.54) is 24.8 Å². The van der Waals surface area contributed by atoms with Crippen molar-refractivity contribution in [2.45, 2.75) is 72.8 Å². The van der Waals surface area contributed by atoms with Crippen LogP contribution in [0.25, 0.3) is 0 Å². The van der Waals surface area contributed by atoms with Gasteiger partial charge in [0.2, 0.25) is 0 Å². The van der Waals surface area contributed by atoms with Crippen molar-refractivity contribution in [3.63, 3.8) is 0 Å². The Morgan fingerprint density at radius 1 is 1.17 bits per heavy atom. The zero-order valence-electron chi connectivity index (χ0n) is 15.4. The van der Waals surface area contributed by atoms with E-state index >= 15 is 0 Å². The van der Waals surface area contributed by atoms with Crippen LogP contribution in [0.2, 0.25) is 0 Å². The lowest BCUT2D eigenvalue weighted by molar-refractivity contribution is -0.128. The van der Waals surface area contributed by atoms with Gasteiger partial charge in [-0.2, -0.15) is 0 Å². The highest BCUT2D eigenvalue weighted by Crippen LogP contribution is 2.22. The van der Waals surface area contributed by atoms with E-state index in [1.54, 1.807) is 0 Å². The van der Waals surface area contributed by atoms with Crippen LogP contribution in [0.3, 0.4) is 0 Å². The Labute approximate surface area is 141 Å². The summed E-state index contributed by atoms with van der Waals surface area (Å²) in [5.41, 5.74) is 2.29. The van der Waals surface area contributed by atoms with Gasteiger partial charge in [-0.15, -0.1) is 0 Å². The highest BCUT2D eigenvalue weighted by Gasteiger charge is 2.20. The Morgan fingerprint density at radius 2 is 1.91 bits per heavy atom. The topological polar surface area (TPSA) is 38.3 Å². The van der Waals surface area contributed by atoms with Crippen LogP contribution in [0.5, 0.6) is 5.75 Å². The second-order valence-corrected chi connectivity index (χ2v) is 6.37. The molecule has 0 saturated carbocycles. The van der Waals surface area contributed by atoms with Crippen LogP contribution >= 0.6 is 0 Å². The van der Waals surface area contributed by atoms with Crippen LogP contribution in [0.4, 0.5) is 0 Å². The molecule has 0 heterocycles. The second-order valence-electron chi connectivity index (χ2n) is 6.37. The molecule has 0 saturated heterocycles. The van der Waals surface area contributed by atoms with Gasteiger partial charge in [-0.05, 0) is 49.8 Å².